The second-order valence-electron chi connectivity index (χ2n) is 6.89. The molecule has 2 heterocycles. The number of rotatable bonds is 8. The van der Waals surface area contributed by atoms with Crippen LogP contribution in [-0.4, -0.2) is 73.4 Å². The third-order valence-electron chi connectivity index (χ3n) is 4.83. The molecule has 1 aromatic carbocycles. The van der Waals surface area contributed by atoms with E-state index in [1.54, 1.807) is 23.4 Å². The van der Waals surface area contributed by atoms with E-state index in [0.29, 0.717) is 44.3 Å². The van der Waals surface area contributed by atoms with Gasteiger partial charge in [0.1, 0.15) is 11.9 Å². The molecule has 2 aromatic rings. The molecule has 0 aliphatic carbocycles. The Hall–Kier alpha value is -1.95. The summed E-state index contributed by atoms with van der Waals surface area (Å²) in [5.74, 6) is 0.193. The Bertz CT molecular complexity index is 1000. The molecule has 0 saturated carbocycles. The number of benzene rings is 1. The third-order valence-corrected chi connectivity index (χ3v) is 7.24. The zero-order valence-electron chi connectivity index (χ0n) is 16.9. The maximum absolute atomic E-state index is 13.4. The highest BCUT2D eigenvalue weighted by Crippen LogP contribution is 2.20. The summed E-state index contributed by atoms with van der Waals surface area (Å²) in [7, 11) is -4.05. The fourth-order valence-corrected chi connectivity index (χ4v) is 5.14. The van der Waals surface area contributed by atoms with Gasteiger partial charge in [-0.25, -0.2) is 22.8 Å². The molecule has 0 bridgehead atoms. The summed E-state index contributed by atoms with van der Waals surface area (Å²) in [6.45, 7) is 1.95. The van der Waals surface area contributed by atoms with E-state index in [2.05, 4.69) is 14.7 Å². The van der Waals surface area contributed by atoms with Crippen LogP contribution in [-0.2, 0) is 14.8 Å². The molecule has 12 heteroatoms. The molecular formula is C19H23ClFN5O3S2. The second kappa shape index (κ2) is 10.6. The molecule has 3 rings (SSSR count). The van der Waals surface area contributed by atoms with Crippen LogP contribution in [0.5, 0.6) is 0 Å². The van der Waals surface area contributed by atoms with Crippen LogP contribution in [0.4, 0.5) is 10.3 Å². The van der Waals surface area contributed by atoms with Crippen molar-refractivity contribution >= 4 is 45.2 Å². The van der Waals surface area contributed by atoms with Crippen molar-refractivity contribution in [1.82, 2.24) is 19.6 Å². The summed E-state index contributed by atoms with van der Waals surface area (Å²) in [4.78, 5) is 25.0. The molecule has 168 valence electrons. The van der Waals surface area contributed by atoms with E-state index in [4.69, 9.17) is 11.6 Å². The summed E-state index contributed by atoms with van der Waals surface area (Å²) >= 11 is 7.24. The number of thioether (sulfide) groups is 1. The van der Waals surface area contributed by atoms with Crippen molar-refractivity contribution in [3.05, 3.63) is 47.5 Å². The maximum Gasteiger partial charge on any atom is 0.241 e. The third kappa shape index (κ3) is 6.06. The molecule has 1 N–H and O–H groups in total. The van der Waals surface area contributed by atoms with Crippen molar-refractivity contribution in [2.75, 3.05) is 43.1 Å². The van der Waals surface area contributed by atoms with Crippen LogP contribution in [0.3, 0.4) is 0 Å². The van der Waals surface area contributed by atoms with Gasteiger partial charge >= 0.3 is 0 Å². The number of amides is 1. The Kier molecular flexibility index (Phi) is 8.09. The monoisotopic (exact) mass is 487 g/mol. The number of anilines is 1. The van der Waals surface area contributed by atoms with E-state index < -0.39 is 21.9 Å². The number of aromatic nitrogens is 2. The predicted molar refractivity (Wildman–Crippen MR) is 119 cm³/mol. The van der Waals surface area contributed by atoms with Crippen LogP contribution in [0.2, 0.25) is 5.02 Å². The minimum absolute atomic E-state index is 0.188. The Morgan fingerprint density at radius 3 is 2.55 bits per heavy atom. The van der Waals surface area contributed by atoms with E-state index in [1.807, 2.05) is 11.2 Å². The first-order valence-corrected chi connectivity index (χ1v) is 12.8. The van der Waals surface area contributed by atoms with E-state index >= 15 is 0 Å². The van der Waals surface area contributed by atoms with E-state index in [9.17, 15) is 17.6 Å². The maximum atomic E-state index is 13.4. The van der Waals surface area contributed by atoms with Crippen LogP contribution in [0.25, 0.3) is 0 Å². The highest BCUT2D eigenvalue weighted by molar-refractivity contribution is 7.98. The van der Waals surface area contributed by atoms with Crippen LogP contribution < -0.4 is 9.62 Å². The van der Waals surface area contributed by atoms with Crippen molar-refractivity contribution in [2.45, 2.75) is 17.4 Å². The predicted octanol–water partition coefficient (Wildman–Crippen LogP) is 2.02. The molecule has 0 radical (unpaired) electrons. The summed E-state index contributed by atoms with van der Waals surface area (Å²) < 4.78 is 41.5. The number of carbonyl (C=O) groups is 1. The van der Waals surface area contributed by atoms with Gasteiger partial charge in [0.05, 0.1) is 9.92 Å². The second-order valence-corrected chi connectivity index (χ2v) is 10.00. The Balaban J connectivity index is 1.70. The zero-order valence-corrected chi connectivity index (χ0v) is 19.3. The van der Waals surface area contributed by atoms with Crippen LogP contribution in [0, 0.1) is 5.82 Å². The first-order chi connectivity index (χ1) is 14.8. The highest BCUT2D eigenvalue weighted by Gasteiger charge is 2.31. The largest absolute Gasteiger partial charge is 0.338 e. The lowest BCUT2D eigenvalue weighted by Crippen LogP contribution is -2.55. The smallest absolute Gasteiger partial charge is 0.241 e. The van der Waals surface area contributed by atoms with Gasteiger partial charge in [-0.1, -0.05) is 11.6 Å². The molecule has 1 aliphatic rings. The standard InChI is InChI=1S/C19H23ClFN5O3S2/c1-30-12-5-17(24-31(28,29)14-3-4-16(21)15(20)13-14)18(27)25-8-10-26(11-9-25)19-22-6-2-7-23-19/h2-4,6-7,13,17,24H,5,8-12H2,1H3/t17-/m1/s1. The number of carbonyl (C=O) groups excluding carboxylic acids is 1. The van der Waals surface area contributed by atoms with E-state index in [1.165, 1.54) is 11.8 Å². The lowest BCUT2D eigenvalue weighted by molar-refractivity contribution is -0.133. The molecule has 1 amide bonds. The first-order valence-electron chi connectivity index (χ1n) is 9.59. The van der Waals surface area contributed by atoms with Gasteiger partial charge in [0, 0.05) is 38.6 Å². The number of nitrogens with zero attached hydrogens (tertiary/aromatic N) is 4. The minimum atomic E-state index is -4.05. The molecule has 0 unspecified atom stereocenters. The summed E-state index contributed by atoms with van der Waals surface area (Å²) in [6, 6.07) is 3.95. The molecule has 1 aliphatic heterocycles. The molecule has 1 aromatic heterocycles. The average molecular weight is 488 g/mol. The molecule has 0 spiro atoms. The molecule has 1 saturated heterocycles. The Morgan fingerprint density at radius 2 is 1.94 bits per heavy atom. The number of hydrogen-bond acceptors (Lipinski definition) is 7. The van der Waals surface area contributed by atoms with Crippen LogP contribution in [0.15, 0.2) is 41.6 Å². The minimum Gasteiger partial charge on any atom is -0.338 e. The lowest BCUT2D eigenvalue weighted by atomic mass is 10.2. The molecule has 1 fully saturated rings. The van der Waals surface area contributed by atoms with Gasteiger partial charge in [0.2, 0.25) is 21.9 Å². The van der Waals surface area contributed by atoms with Crippen molar-refractivity contribution in [3.8, 4) is 0 Å². The van der Waals surface area contributed by atoms with Gasteiger partial charge in [-0.05, 0) is 42.7 Å². The highest BCUT2D eigenvalue weighted by atomic mass is 35.5. The Morgan fingerprint density at radius 1 is 1.26 bits per heavy atom. The summed E-state index contributed by atoms with van der Waals surface area (Å²) in [6.07, 6.45) is 5.54. The van der Waals surface area contributed by atoms with Gasteiger partial charge in [-0.15, -0.1) is 0 Å². The SMILES string of the molecule is CSCC[C@@H](NS(=O)(=O)c1ccc(F)c(Cl)c1)C(=O)N1CCN(c2ncccn2)CC1. The van der Waals surface area contributed by atoms with Gasteiger partial charge in [-0.3, -0.25) is 4.79 Å². The van der Waals surface area contributed by atoms with Gasteiger partial charge in [-0.2, -0.15) is 16.5 Å². The zero-order chi connectivity index (χ0) is 22.4. The fourth-order valence-electron chi connectivity index (χ4n) is 3.17. The average Bonchev–Trinajstić information content (AvgIpc) is 2.78. The van der Waals surface area contributed by atoms with Crippen molar-refractivity contribution in [2.24, 2.45) is 0 Å². The summed E-state index contributed by atoms with van der Waals surface area (Å²) in [5.41, 5.74) is 0. The normalized spacial score (nSPS) is 15.7. The molecule has 1 atom stereocenters. The van der Waals surface area contributed by atoms with Gasteiger partial charge < -0.3 is 9.80 Å². The Labute approximate surface area is 190 Å². The number of nitrogens with one attached hydrogen (secondary N) is 1. The van der Waals surface area contributed by atoms with Gasteiger partial charge in [0.25, 0.3) is 0 Å². The van der Waals surface area contributed by atoms with Crippen molar-refractivity contribution in [1.29, 1.82) is 0 Å². The van der Waals surface area contributed by atoms with E-state index in [0.717, 1.165) is 18.2 Å². The van der Waals surface area contributed by atoms with Crippen LogP contribution >= 0.6 is 23.4 Å². The molecule has 8 nitrogen and oxygen atoms in total. The number of halogens is 2. The topological polar surface area (TPSA) is 95.5 Å². The van der Waals surface area contributed by atoms with Crippen LogP contribution in [0.1, 0.15) is 6.42 Å². The number of piperazine rings is 1. The quantitative estimate of drug-likeness (QED) is 0.608. The fraction of sp³-hybridized carbons (Fsp3) is 0.421. The molecule has 31 heavy (non-hydrogen) atoms. The number of hydrogen-bond donors (Lipinski definition) is 1. The number of sulfonamides is 1. The van der Waals surface area contributed by atoms with Crippen molar-refractivity contribution < 1.29 is 17.6 Å². The van der Waals surface area contributed by atoms with E-state index in [-0.39, 0.29) is 15.8 Å². The first kappa shape index (κ1) is 23.7. The lowest BCUT2D eigenvalue weighted by Gasteiger charge is -2.36. The van der Waals surface area contributed by atoms with Crippen molar-refractivity contribution in [3.63, 3.8) is 0 Å². The van der Waals surface area contributed by atoms with Gasteiger partial charge in [0.15, 0.2) is 0 Å². The summed E-state index contributed by atoms with van der Waals surface area (Å²) in [5, 5.41) is -0.297. The molecular weight excluding hydrogens is 465 g/mol.